The number of amides is 1. The number of fused-ring (bicyclic) bond motifs is 1. The van der Waals surface area contributed by atoms with Gasteiger partial charge < -0.3 is 15.2 Å². The van der Waals surface area contributed by atoms with Gasteiger partial charge in [0.15, 0.2) is 17.2 Å². The molecule has 12 heteroatoms. The molecular formula is C21H21F2N7O3. The molecule has 4 aromatic rings. The topological polar surface area (TPSA) is 119 Å². The van der Waals surface area contributed by atoms with Gasteiger partial charge in [-0.25, -0.2) is 13.8 Å². The number of halogens is 2. The van der Waals surface area contributed by atoms with E-state index in [4.69, 9.17) is 4.74 Å². The summed E-state index contributed by atoms with van der Waals surface area (Å²) in [6, 6.07) is 5.91. The molecule has 4 rings (SSSR count). The smallest absolute Gasteiger partial charge is 0.270 e. The minimum atomic E-state index is -0.869. The largest absolute Gasteiger partial charge is 0.485 e. The number of carbonyl (C=O) groups is 1. The Hall–Kier alpha value is -3.93. The Morgan fingerprint density at radius 3 is 2.67 bits per heavy atom. The standard InChI is InChI=1S/C21H21F2N7O3/c1-3-30-27-19(26-28-30)16(10-31)25-21(32)18-12(2)24-20-17(8-5-9-29(18)20)33-11-13-14(22)6-4-7-15(13)23/h4-9,16,31H,3,10-11H2,1-2H3,(H,25,32)/t16-/m0/s1. The summed E-state index contributed by atoms with van der Waals surface area (Å²) in [5, 5.41) is 24.2. The molecule has 33 heavy (non-hydrogen) atoms. The predicted octanol–water partition coefficient (Wildman–Crippen LogP) is 1.97. The number of aryl methyl sites for hydroxylation is 2. The van der Waals surface area contributed by atoms with E-state index in [9.17, 15) is 18.7 Å². The van der Waals surface area contributed by atoms with Gasteiger partial charge in [0.25, 0.3) is 5.91 Å². The third kappa shape index (κ3) is 4.37. The number of nitrogens with zero attached hydrogens (tertiary/aromatic N) is 6. The van der Waals surface area contributed by atoms with Crippen LogP contribution in [0, 0.1) is 18.6 Å². The zero-order chi connectivity index (χ0) is 23.5. The van der Waals surface area contributed by atoms with Gasteiger partial charge in [0.2, 0.25) is 0 Å². The van der Waals surface area contributed by atoms with Crippen LogP contribution in [0.1, 0.15) is 40.5 Å². The van der Waals surface area contributed by atoms with Crippen LogP contribution < -0.4 is 10.1 Å². The molecule has 0 bridgehead atoms. The van der Waals surface area contributed by atoms with E-state index in [1.54, 1.807) is 25.3 Å². The fraction of sp³-hybridized carbons (Fsp3) is 0.286. The molecule has 1 aromatic carbocycles. The molecule has 0 aliphatic rings. The molecule has 1 atom stereocenters. The van der Waals surface area contributed by atoms with Crippen LogP contribution in [-0.2, 0) is 13.2 Å². The summed E-state index contributed by atoms with van der Waals surface area (Å²) < 4.78 is 35.0. The van der Waals surface area contributed by atoms with Gasteiger partial charge in [0.05, 0.1) is 24.4 Å². The molecular weight excluding hydrogens is 436 g/mol. The van der Waals surface area contributed by atoms with E-state index in [1.165, 1.54) is 15.3 Å². The third-order valence-electron chi connectivity index (χ3n) is 4.99. The fourth-order valence-electron chi connectivity index (χ4n) is 3.31. The number of aliphatic hydroxyl groups is 1. The van der Waals surface area contributed by atoms with Crippen molar-refractivity contribution in [3.63, 3.8) is 0 Å². The molecule has 0 spiro atoms. The van der Waals surface area contributed by atoms with Gasteiger partial charge in [-0.05, 0) is 43.3 Å². The second kappa shape index (κ2) is 9.28. The molecule has 0 aliphatic carbocycles. The predicted molar refractivity (Wildman–Crippen MR) is 111 cm³/mol. The molecule has 1 amide bonds. The first-order valence-corrected chi connectivity index (χ1v) is 10.2. The number of tetrazole rings is 1. The monoisotopic (exact) mass is 457 g/mol. The highest BCUT2D eigenvalue weighted by Gasteiger charge is 2.24. The first-order valence-electron chi connectivity index (χ1n) is 10.2. The normalized spacial score (nSPS) is 12.2. The number of imidazole rings is 1. The quantitative estimate of drug-likeness (QED) is 0.415. The molecule has 3 heterocycles. The summed E-state index contributed by atoms with van der Waals surface area (Å²) >= 11 is 0. The highest BCUT2D eigenvalue weighted by Crippen LogP contribution is 2.24. The average molecular weight is 457 g/mol. The van der Waals surface area contributed by atoms with Gasteiger partial charge in [-0.1, -0.05) is 6.07 Å². The highest BCUT2D eigenvalue weighted by atomic mass is 19.1. The number of ether oxygens (including phenoxy) is 1. The van der Waals surface area contributed by atoms with E-state index in [-0.39, 0.29) is 29.4 Å². The Morgan fingerprint density at radius 2 is 2.00 bits per heavy atom. The molecule has 172 valence electrons. The number of benzene rings is 1. The van der Waals surface area contributed by atoms with Crippen LogP contribution in [0.25, 0.3) is 5.65 Å². The van der Waals surface area contributed by atoms with E-state index in [0.29, 0.717) is 17.9 Å². The number of hydrogen-bond donors (Lipinski definition) is 2. The summed E-state index contributed by atoms with van der Waals surface area (Å²) in [6.45, 7) is 3.18. The maximum Gasteiger partial charge on any atom is 0.270 e. The Labute approximate surface area is 186 Å². The summed E-state index contributed by atoms with van der Waals surface area (Å²) in [7, 11) is 0. The molecule has 10 nitrogen and oxygen atoms in total. The molecule has 0 aliphatic heterocycles. The number of aliphatic hydroxyl groups excluding tert-OH is 1. The molecule has 0 fully saturated rings. The van der Waals surface area contributed by atoms with Crippen LogP contribution in [0.4, 0.5) is 8.78 Å². The van der Waals surface area contributed by atoms with Gasteiger partial charge in [0, 0.05) is 6.20 Å². The lowest BCUT2D eigenvalue weighted by Crippen LogP contribution is -2.33. The Balaban J connectivity index is 1.60. The van der Waals surface area contributed by atoms with Gasteiger partial charge in [-0.15, -0.1) is 10.2 Å². The lowest BCUT2D eigenvalue weighted by Gasteiger charge is -2.13. The van der Waals surface area contributed by atoms with Crippen molar-refractivity contribution in [2.45, 2.75) is 33.0 Å². The van der Waals surface area contributed by atoms with Crippen molar-refractivity contribution in [3.05, 3.63) is 70.9 Å². The molecule has 0 unspecified atom stereocenters. The second-order valence-electron chi connectivity index (χ2n) is 7.15. The zero-order valence-electron chi connectivity index (χ0n) is 17.9. The van der Waals surface area contributed by atoms with E-state index in [1.807, 2.05) is 6.92 Å². The highest BCUT2D eigenvalue weighted by molar-refractivity contribution is 5.95. The Bertz CT molecular complexity index is 1280. The summed E-state index contributed by atoms with van der Waals surface area (Å²) in [6.07, 6.45) is 1.61. The number of pyridine rings is 1. The average Bonchev–Trinajstić information content (AvgIpc) is 3.41. The summed E-state index contributed by atoms with van der Waals surface area (Å²) in [5.41, 5.74) is 0.683. The van der Waals surface area contributed by atoms with Gasteiger partial charge in [-0.2, -0.15) is 4.80 Å². The van der Waals surface area contributed by atoms with E-state index < -0.39 is 30.2 Å². The van der Waals surface area contributed by atoms with E-state index in [0.717, 1.165) is 12.1 Å². The summed E-state index contributed by atoms with van der Waals surface area (Å²) in [5.74, 6) is -1.54. The van der Waals surface area contributed by atoms with Gasteiger partial charge >= 0.3 is 0 Å². The Kier molecular flexibility index (Phi) is 6.27. The first kappa shape index (κ1) is 22.3. The van der Waals surface area contributed by atoms with Crippen molar-refractivity contribution >= 4 is 11.6 Å². The molecule has 2 N–H and O–H groups in total. The number of hydrogen-bond acceptors (Lipinski definition) is 7. The zero-order valence-corrected chi connectivity index (χ0v) is 17.9. The van der Waals surface area contributed by atoms with Crippen LogP contribution in [-0.4, -0.2) is 47.2 Å². The third-order valence-corrected chi connectivity index (χ3v) is 4.99. The lowest BCUT2D eigenvalue weighted by atomic mass is 10.2. The Morgan fingerprint density at radius 1 is 1.24 bits per heavy atom. The van der Waals surface area contributed by atoms with Crippen LogP contribution in [0.2, 0.25) is 0 Å². The van der Waals surface area contributed by atoms with Crippen LogP contribution >= 0.6 is 0 Å². The van der Waals surface area contributed by atoms with Crippen LogP contribution in [0.15, 0.2) is 36.5 Å². The second-order valence-corrected chi connectivity index (χ2v) is 7.15. The number of nitrogens with one attached hydrogen (secondary N) is 1. The van der Waals surface area contributed by atoms with Gasteiger partial charge in [-0.3, -0.25) is 9.20 Å². The fourth-order valence-corrected chi connectivity index (χ4v) is 3.31. The van der Waals surface area contributed by atoms with Crippen molar-refractivity contribution in [1.29, 1.82) is 0 Å². The first-order chi connectivity index (χ1) is 15.9. The van der Waals surface area contributed by atoms with Crippen molar-refractivity contribution < 1.29 is 23.4 Å². The number of aromatic nitrogens is 6. The van der Waals surface area contributed by atoms with Crippen molar-refractivity contribution in [2.75, 3.05) is 6.61 Å². The minimum Gasteiger partial charge on any atom is -0.485 e. The maximum atomic E-state index is 13.9. The van der Waals surface area contributed by atoms with Crippen molar-refractivity contribution in [2.24, 2.45) is 0 Å². The number of carbonyl (C=O) groups excluding carboxylic acids is 1. The summed E-state index contributed by atoms with van der Waals surface area (Å²) in [4.78, 5) is 18.8. The SMILES string of the molecule is CCn1nnc([C@H](CO)NC(=O)c2c(C)nc3c(OCc4c(F)cccc4F)cccn23)n1. The van der Waals surface area contributed by atoms with Crippen molar-refractivity contribution in [3.8, 4) is 5.75 Å². The molecule has 0 saturated heterocycles. The van der Waals surface area contributed by atoms with E-state index >= 15 is 0 Å². The molecule has 3 aromatic heterocycles. The van der Waals surface area contributed by atoms with Crippen molar-refractivity contribution in [1.82, 2.24) is 34.9 Å². The minimum absolute atomic E-state index is 0.176. The number of rotatable bonds is 8. The van der Waals surface area contributed by atoms with Gasteiger partial charge in [0.1, 0.15) is 30.0 Å². The van der Waals surface area contributed by atoms with E-state index in [2.05, 4.69) is 25.7 Å². The van der Waals surface area contributed by atoms with Crippen LogP contribution in [0.5, 0.6) is 5.75 Å². The molecule has 0 saturated carbocycles. The molecule has 0 radical (unpaired) electrons. The lowest BCUT2D eigenvalue weighted by molar-refractivity contribution is 0.0906. The van der Waals surface area contributed by atoms with Crippen LogP contribution in [0.3, 0.4) is 0 Å². The maximum absolute atomic E-state index is 13.9.